The summed E-state index contributed by atoms with van der Waals surface area (Å²) in [5, 5.41) is 9.68. The van der Waals surface area contributed by atoms with Gasteiger partial charge in [0, 0.05) is 5.39 Å². The highest BCUT2D eigenvalue weighted by Crippen LogP contribution is 2.20. The summed E-state index contributed by atoms with van der Waals surface area (Å²) in [6, 6.07) is 9.00. The normalized spacial score (nSPS) is 10.5. The van der Waals surface area contributed by atoms with Gasteiger partial charge in [-0.3, -0.25) is 3.97 Å². The van der Waals surface area contributed by atoms with Crippen LogP contribution in [0.2, 0.25) is 0 Å². The van der Waals surface area contributed by atoms with Crippen molar-refractivity contribution < 1.29 is 9.90 Å². The van der Waals surface area contributed by atoms with Gasteiger partial charge in [0.25, 0.3) is 0 Å². The van der Waals surface area contributed by atoms with Gasteiger partial charge >= 0.3 is 5.97 Å². The van der Waals surface area contributed by atoms with Gasteiger partial charge in [0.15, 0.2) is 0 Å². The van der Waals surface area contributed by atoms with Gasteiger partial charge in [0.1, 0.15) is 5.69 Å². The molecule has 0 atom stereocenters. The summed E-state index contributed by atoms with van der Waals surface area (Å²) >= 11 is 4.09. The average Bonchev–Trinajstić information content (AvgIpc) is 2.45. The molecule has 1 heterocycles. The minimum Gasteiger partial charge on any atom is -0.477 e. The summed E-state index contributed by atoms with van der Waals surface area (Å²) in [7, 11) is 0. The zero-order valence-electron chi connectivity index (χ0n) is 6.64. The van der Waals surface area contributed by atoms with Crippen LogP contribution >= 0.6 is 12.8 Å². The number of hydrogen-bond acceptors (Lipinski definition) is 2. The number of carbonyl (C=O) groups is 1. The molecular weight excluding hydrogens is 186 g/mol. The van der Waals surface area contributed by atoms with Crippen molar-refractivity contribution in [3.63, 3.8) is 0 Å². The van der Waals surface area contributed by atoms with E-state index in [1.54, 1.807) is 6.07 Å². The molecule has 0 aliphatic rings. The average molecular weight is 193 g/mol. The van der Waals surface area contributed by atoms with Crippen molar-refractivity contribution >= 4 is 29.7 Å². The van der Waals surface area contributed by atoms with Gasteiger partial charge in [-0.1, -0.05) is 31.0 Å². The van der Waals surface area contributed by atoms with Crippen LogP contribution in [0.15, 0.2) is 30.3 Å². The molecule has 3 nitrogen and oxygen atoms in total. The lowest BCUT2D eigenvalue weighted by atomic mass is 10.2. The van der Waals surface area contributed by atoms with Crippen molar-refractivity contribution in [3.8, 4) is 0 Å². The van der Waals surface area contributed by atoms with E-state index in [1.165, 1.54) is 3.97 Å². The third kappa shape index (κ3) is 1.19. The number of thiol groups is 1. The fourth-order valence-electron chi connectivity index (χ4n) is 1.29. The molecule has 0 amide bonds. The molecule has 0 spiro atoms. The van der Waals surface area contributed by atoms with Crippen LogP contribution in [0, 0.1) is 0 Å². The molecule has 4 heteroatoms. The number of hydrogen-bond donors (Lipinski definition) is 2. The fourth-order valence-corrected chi connectivity index (χ4v) is 1.62. The second kappa shape index (κ2) is 2.81. The van der Waals surface area contributed by atoms with Crippen molar-refractivity contribution in [2.24, 2.45) is 0 Å². The first-order chi connectivity index (χ1) is 6.20. The Balaban J connectivity index is 2.81. The van der Waals surface area contributed by atoms with Gasteiger partial charge < -0.3 is 5.11 Å². The number of benzene rings is 1. The van der Waals surface area contributed by atoms with Gasteiger partial charge in [-0.25, -0.2) is 4.79 Å². The van der Waals surface area contributed by atoms with Crippen LogP contribution < -0.4 is 0 Å². The topological polar surface area (TPSA) is 42.2 Å². The van der Waals surface area contributed by atoms with Crippen LogP contribution in [-0.2, 0) is 0 Å². The minimum absolute atomic E-state index is 0.185. The maximum absolute atomic E-state index is 10.7. The van der Waals surface area contributed by atoms with Gasteiger partial charge in [-0.05, 0) is 12.1 Å². The highest BCUT2D eigenvalue weighted by Gasteiger charge is 2.11. The van der Waals surface area contributed by atoms with Gasteiger partial charge in [0.2, 0.25) is 0 Å². The second-order valence-corrected chi connectivity index (χ2v) is 3.11. The molecule has 1 aromatic carbocycles. The van der Waals surface area contributed by atoms with Crippen molar-refractivity contribution in [1.29, 1.82) is 0 Å². The molecule has 0 radical (unpaired) electrons. The number of rotatable bonds is 1. The maximum atomic E-state index is 10.7. The Morgan fingerprint density at radius 1 is 1.38 bits per heavy atom. The highest BCUT2D eigenvalue weighted by atomic mass is 32.1. The van der Waals surface area contributed by atoms with Crippen LogP contribution in [0.25, 0.3) is 10.9 Å². The van der Waals surface area contributed by atoms with Crippen molar-refractivity contribution in [3.05, 3.63) is 36.0 Å². The van der Waals surface area contributed by atoms with Crippen LogP contribution in [0.4, 0.5) is 0 Å². The molecule has 0 aliphatic heterocycles. The second-order valence-electron chi connectivity index (χ2n) is 2.71. The fraction of sp³-hybridized carbons (Fsp3) is 0. The predicted molar refractivity (Wildman–Crippen MR) is 53.3 cm³/mol. The third-order valence-electron chi connectivity index (χ3n) is 1.90. The number of aromatic nitrogens is 1. The zero-order chi connectivity index (χ0) is 9.42. The van der Waals surface area contributed by atoms with Crippen LogP contribution in [0.1, 0.15) is 10.5 Å². The van der Waals surface area contributed by atoms with Crippen molar-refractivity contribution in [2.75, 3.05) is 0 Å². The summed E-state index contributed by atoms with van der Waals surface area (Å²) in [6.45, 7) is 0. The van der Waals surface area contributed by atoms with Gasteiger partial charge in [0.05, 0.1) is 5.52 Å². The molecule has 1 N–H and O–H groups in total. The lowest BCUT2D eigenvalue weighted by Crippen LogP contribution is -1.99. The summed E-state index contributed by atoms with van der Waals surface area (Å²) < 4.78 is 1.37. The largest absolute Gasteiger partial charge is 0.477 e. The molecule has 0 saturated carbocycles. The molecule has 66 valence electrons. The molecule has 0 aliphatic carbocycles. The van der Waals surface area contributed by atoms with E-state index in [0.29, 0.717) is 0 Å². The first-order valence-corrected chi connectivity index (χ1v) is 4.13. The standard InChI is InChI=1S/C9H7NO2S/c11-9(12)8-5-6-3-1-2-4-7(6)10(8)13/h1-5,13H,(H,11,12). The lowest BCUT2D eigenvalue weighted by Gasteiger charge is -1.95. The van der Waals surface area contributed by atoms with Crippen LogP contribution in [0.5, 0.6) is 0 Å². The molecule has 2 rings (SSSR count). The third-order valence-corrected chi connectivity index (χ3v) is 2.34. The molecule has 2 aromatic rings. The van der Waals surface area contributed by atoms with Crippen LogP contribution in [-0.4, -0.2) is 15.0 Å². The summed E-state index contributed by atoms with van der Waals surface area (Å²) in [4.78, 5) is 10.7. The maximum Gasteiger partial charge on any atom is 0.353 e. The van der Waals surface area contributed by atoms with E-state index in [9.17, 15) is 4.79 Å². The number of nitrogens with zero attached hydrogens (tertiary/aromatic N) is 1. The van der Waals surface area contributed by atoms with Gasteiger partial charge in [-0.15, -0.1) is 0 Å². The molecule has 0 fully saturated rings. The monoisotopic (exact) mass is 193 g/mol. The van der Waals surface area contributed by atoms with Crippen LogP contribution in [0.3, 0.4) is 0 Å². The summed E-state index contributed by atoms with van der Waals surface area (Å²) in [5.74, 6) is -0.966. The molecule has 13 heavy (non-hydrogen) atoms. The lowest BCUT2D eigenvalue weighted by molar-refractivity contribution is 0.0690. The van der Waals surface area contributed by atoms with E-state index >= 15 is 0 Å². The molecule has 0 unspecified atom stereocenters. The van der Waals surface area contributed by atoms with E-state index in [-0.39, 0.29) is 5.69 Å². The molecule has 0 bridgehead atoms. The van der Waals surface area contributed by atoms with Crippen molar-refractivity contribution in [1.82, 2.24) is 3.97 Å². The minimum atomic E-state index is -0.966. The Morgan fingerprint density at radius 3 is 2.69 bits per heavy atom. The molecular formula is C9H7NO2S. The number of carboxylic acid groups (broad SMARTS) is 1. The number of fused-ring (bicyclic) bond motifs is 1. The van der Waals surface area contributed by atoms with Gasteiger partial charge in [-0.2, -0.15) is 0 Å². The van der Waals surface area contributed by atoms with E-state index in [1.807, 2.05) is 24.3 Å². The Labute approximate surface area is 80.1 Å². The Bertz CT molecular complexity index is 475. The smallest absolute Gasteiger partial charge is 0.353 e. The summed E-state index contributed by atoms with van der Waals surface area (Å²) in [5.41, 5.74) is 0.993. The quantitative estimate of drug-likeness (QED) is 0.680. The number of carboxylic acids is 1. The highest BCUT2D eigenvalue weighted by molar-refractivity contribution is 7.78. The Hall–Kier alpha value is -1.42. The van der Waals surface area contributed by atoms with E-state index < -0.39 is 5.97 Å². The molecule has 0 saturated heterocycles. The molecule has 1 aromatic heterocycles. The van der Waals surface area contributed by atoms with Crippen molar-refractivity contribution in [2.45, 2.75) is 0 Å². The zero-order valence-corrected chi connectivity index (χ0v) is 7.53. The first-order valence-electron chi connectivity index (χ1n) is 3.73. The summed E-state index contributed by atoms with van der Waals surface area (Å²) in [6.07, 6.45) is 0. The Morgan fingerprint density at radius 2 is 2.08 bits per heavy atom. The van der Waals surface area contributed by atoms with E-state index in [2.05, 4.69) is 12.8 Å². The predicted octanol–water partition coefficient (Wildman–Crippen LogP) is 2.03. The number of para-hydroxylation sites is 1. The van der Waals surface area contributed by atoms with E-state index in [4.69, 9.17) is 5.11 Å². The van der Waals surface area contributed by atoms with E-state index in [0.717, 1.165) is 10.9 Å². The number of aromatic carboxylic acids is 1. The SMILES string of the molecule is O=C(O)c1cc2ccccc2n1S. The first kappa shape index (κ1) is 8.19. The Kier molecular flexibility index (Phi) is 1.77.